The molecule has 0 aliphatic carbocycles. The zero-order chi connectivity index (χ0) is 20.5. The Hall–Kier alpha value is -2.78. The van der Waals surface area contributed by atoms with Gasteiger partial charge in [0.25, 0.3) is 5.91 Å². The molecule has 2 aromatic rings. The van der Waals surface area contributed by atoms with Crippen LogP contribution < -0.4 is 21.5 Å². The first kappa shape index (κ1) is 21.5. The van der Waals surface area contributed by atoms with E-state index in [9.17, 15) is 14.4 Å². The monoisotopic (exact) mass is 462 g/mol. The number of benzene rings is 2. The van der Waals surface area contributed by atoms with E-state index in [1.54, 1.807) is 42.5 Å². The Bertz CT molecular complexity index is 890. The van der Waals surface area contributed by atoms with E-state index in [1.165, 1.54) is 0 Å². The predicted octanol–water partition coefficient (Wildman–Crippen LogP) is 2.81. The summed E-state index contributed by atoms with van der Waals surface area (Å²) in [5.74, 6) is -1.12. The maximum absolute atomic E-state index is 12.1. The fraction of sp³-hybridized carbons (Fsp3) is 0.158. The highest BCUT2D eigenvalue weighted by Gasteiger charge is 2.11. The Morgan fingerprint density at radius 1 is 0.964 bits per heavy atom. The van der Waals surface area contributed by atoms with Crippen LogP contribution >= 0.6 is 28.1 Å². The van der Waals surface area contributed by atoms with E-state index in [-0.39, 0.29) is 23.9 Å². The number of carbonyl (C=O) groups is 3. The van der Waals surface area contributed by atoms with E-state index >= 15 is 0 Å². The zero-order valence-electron chi connectivity index (χ0n) is 15.0. The van der Waals surface area contributed by atoms with Gasteiger partial charge in [-0.3, -0.25) is 30.6 Å². The van der Waals surface area contributed by atoms with Crippen molar-refractivity contribution in [3.05, 3.63) is 64.1 Å². The summed E-state index contributed by atoms with van der Waals surface area (Å²) < 4.78 is 0.807. The summed E-state index contributed by atoms with van der Waals surface area (Å²) in [6.07, 6.45) is -0.0218. The average Bonchev–Trinajstić information content (AvgIpc) is 2.67. The second-order valence-electron chi connectivity index (χ2n) is 5.83. The minimum Gasteiger partial charge on any atom is -0.326 e. The molecule has 0 fully saturated rings. The summed E-state index contributed by atoms with van der Waals surface area (Å²) in [6.45, 7) is 1.91. The Morgan fingerprint density at radius 2 is 1.64 bits per heavy atom. The van der Waals surface area contributed by atoms with Crippen LogP contribution in [0.4, 0.5) is 5.69 Å². The third-order valence-electron chi connectivity index (χ3n) is 3.61. The lowest BCUT2D eigenvalue weighted by molar-refractivity contribution is -0.124. The quantitative estimate of drug-likeness (QED) is 0.404. The summed E-state index contributed by atoms with van der Waals surface area (Å²) in [5.41, 5.74) is 6.87. The number of hydrogen-bond acceptors (Lipinski definition) is 4. The molecular formula is C19H19BrN4O3S. The standard InChI is InChI=1S/C19H19BrN4O3S/c1-12-7-8-13(11-15(12)20)18(27)22-19(28)24-23-17(26)10-9-16(25)21-14-5-3-2-4-6-14/h2-8,11H,9-10H2,1H3,(H,21,25)(H,23,26)(H2,22,24,27,28). The predicted molar refractivity (Wildman–Crippen MR) is 115 cm³/mol. The molecule has 0 bridgehead atoms. The van der Waals surface area contributed by atoms with Gasteiger partial charge in [0.05, 0.1) is 0 Å². The van der Waals surface area contributed by atoms with Gasteiger partial charge >= 0.3 is 0 Å². The minimum atomic E-state index is -0.433. The molecule has 0 aromatic heterocycles. The smallest absolute Gasteiger partial charge is 0.257 e. The van der Waals surface area contributed by atoms with Gasteiger partial charge in [-0.15, -0.1) is 0 Å². The van der Waals surface area contributed by atoms with Gasteiger partial charge in [-0.25, -0.2) is 0 Å². The number of nitrogens with one attached hydrogen (secondary N) is 4. The summed E-state index contributed by atoms with van der Waals surface area (Å²) in [6, 6.07) is 14.1. The molecule has 28 heavy (non-hydrogen) atoms. The molecule has 7 nitrogen and oxygen atoms in total. The highest BCUT2D eigenvalue weighted by Crippen LogP contribution is 2.17. The topological polar surface area (TPSA) is 99.3 Å². The number of hydrogen-bond donors (Lipinski definition) is 4. The largest absolute Gasteiger partial charge is 0.326 e. The SMILES string of the molecule is Cc1ccc(C(=O)NC(=S)NNC(=O)CCC(=O)Nc2ccccc2)cc1Br. The number of halogens is 1. The molecule has 9 heteroatoms. The Morgan fingerprint density at radius 3 is 2.32 bits per heavy atom. The van der Waals surface area contributed by atoms with Gasteiger partial charge in [-0.2, -0.15) is 0 Å². The molecule has 0 unspecified atom stereocenters. The molecule has 146 valence electrons. The fourth-order valence-electron chi connectivity index (χ4n) is 2.10. The second kappa shape index (κ2) is 10.5. The van der Waals surface area contributed by atoms with Gasteiger partial charge in [0.1, 0.15) is 0 Å². The van der Waals surface area contributed by atoms with Crippen LogP contribution in [0.2, 0.25) is 0 Å². The van der Waals surface area contributed by atoms with Gasteiger partial charge in [0, 0.05) is 28.6 Å². The number of anilines is 1. The van der Waals surface area contributed by atoms with Crippen LogP contribution in [0.3, 0.4) is 0 Å². The summed E-state index contributed by atoms with van der Waals surface area (Å²) in [7, 11) is 0. The number of hydrazine groups is 1. The van der Waals surface area contributed by atoms with E-state index in [4.69, 9.17) is 12.2 Å². The molecule has 0 aliphatic heterocycles. The Balaban J connectivity index is 1.70. The van der Waals surface area contributed by atoms with Crippen molar-refractivity contribution in [1.29, 1.82) is 0 Å². The van der Waals surface area contributed by atoms with Crippen molar-refractivity contribution in [2.24, 2.45) is 0 Å². The third-order valence-corrected chi connectivity index (χ3v) is 4.67. The highest BCUT2D eigenvalue weighted by molar-refractivity contribution is 9.10. The average molecular weight is 463 g/mol. The molecular weight excluding hydrogens is 444 g/mol. The van der Waals surface area contributed by atoms with E-state index in [0.29, 0.717) is 11.3 Å². The molecule has 3 amide bonds. The van der Waals surface area contributed by atoms with Crippen LogP contribution in [-0.4, -0.2) is 22.8 Å². The van der Waals surface area contributed by atoms with Gasteiger partial charge in [0.2, 0.25) is 11.8 Å². The van der Waals surface area contributed by atoms with Crippen molar-refractivity contribution in [2.45, 2.75) is 19.8 Å². The van der Waals surface area contributed by atoms with Crippen LogP contribution in [0.15, 0.2) is 53.0 Å². The molecule has 0 heterocycles. The molecule has 0 spiro atoms. The molecule has 2 rings (SSSR count). The van der Waals surface area contributed by atoms with Crippen LogP contribution in [0.25, 0.3) is 0 Å². The molecule has 0 radical (unpaired) electrons. The van der Waals surface area contributed by atoms with E-state index in [1.807, 2.05) is 13.0 Å². The van der Waals surface area contributed by atoms with Crippen molar-refractivity contribution in [3.63, 3.8) is 0 Å². The van der Waals surface area contributed by atoms with Crippen molar-refractivity contribution in [2.75, 3.05) is 5.32 Å². The third kappa shape index (κ3) is 7.09. The summed E-state index contributed by atoms with van der Waals surface area (Å²) in [5, 5.41) is 5.10. The van der Waals surface area contributed by atoms with Crippen LogP contribution in [-0.2, 0) is 9.59 Å². The minimum absolute atomic E-state index is 0.0128. The van der Waals surface area contributed by atoms with Gasteiger partial charge in [-0.05, 0) is 49.0 Å². The maximum Gasteiger partial charge on any atom is 0.257 e. The van der Waals surface area contributed by atoms with Gasteiger partial charge in [-0.1, -0.05) is 40.2 Å². The molecule has 0 aliphatic rings. The fourth-order valence-corrected chi connectivity index (χ4v) is 2.62. The molecule has 0 atom stereocenters. The lowest BCUT2D eigenvalue weighted by atomic mass is 10.1. The van der Waals surface area contributed by atoms with E-state index in [2.05, 4.69) is 37.4 Å². The summed E-state index contributed by atoms with van der Waals surface area (Å²) in [4.78, 5) is 35.7. The molecule has 0 saturated heterocycles. The van der Waals surface area contributed by atoms with Crippen LogP contribution in [0, 0.1) is 6.92 Å². The normalized spacial score (nSPS) is 9.93. The molecule has 4 N–H and O–H groups in total. The zero-order valence-corrected chi connectivity index (χ0v) is 17.4. The number of aryl methyl sites for hydroxylation is 1. The first-order valence-corrected chi connectivity index (χ1v) is 9.56. The lowest BCUT2D eigenvalue weighted by Crippen LogP contribution is -2.48. The first-order chi connectivity index (χ1) is 13.3. The number of thiocarbonyl (C=S) groups is 1. The Labute approximate surface area is 176 Å². The van der Waals surface area contributed by atoms with Crippen LogP contribution in [0.5, 0.6) is 0 Å². The van der Waals surface area contributed by atoms with Crippen molar-refractivity contribution < 1.29 is 14.4 Å². The van der Waals surface area contributed by atoms with E-state index < -0.39 is 11.8 Å². The lowest BCUT2D eigenvalue weighted by Gasteiger charge is -2.11. The first-order valence-electron chi connectivity index (χ1n) is 8.36. The number of rotatable bonds is 5. The van der Waals surface area contributed by atoms with Crippen LogP contribution in [0.1, 0.15) is 28.8 Å². The van der Waals surface area contributed by atoms with Crippen molar-refractivity contribution in [1.82, 2.24) is 16.2 Å². The van der Waals surface area contributed by atoms with Gasteiger partial charge < -0.3 is 5.32 Å². The van der Waals surface area contributed by atoms with E-state index in [0.717, 1.165) is 10.0 Å². The molecule has 0 saturated carbocycles. The van der Waals surface area contributed by atoms with Crippen molar-refractivity contribution in [3.8, 4) is 0 Å². The number of carbonyl (C=O) groups excluding carboxylic acids is 3. The van der Waals surface area contributed by atoms with Gasteiger partial charge in [0.15, 0.2) is 5.11 Å². The second-order valence-corrected chi connectivity index (χ2v) is 7.10. The highest BCUT2D eigenvalue weighted by atomic mass is 79.9. The summed E-state index contributed by atoms with van der Waals surface area (Å²) >= 11 is 8.34. The number of amides is 3. The maximum atomic E-state index is 12.1. The number of para-hydroxylation sites is 1. The molecule has 2 aromatic carbocycles. The van der Waals surface area contributed by atoms with Crippen molar-refractivity contribution >= 4 is 56.7 Å². The Kier molecular flexibility index (Phi) is 8.09.